The average molecular weight is 476 g/mol. The molecule has 2 aromatic carbocycles. The predicted octanol–water partition coefficient (Wildman–Crippen LogP) is 5.83. The lowest BCUT2D eigenvalue weighted by atomic mass is 9.86. The molecule has 0 atom stereocenters. The molecule has 6 nitrogen and oxygen atoms in total. The zero-order chi connectivity index (χ0) is 25.2. The summed E-state index contributed by atoms with van der Waals surface area (Å²) < 4.78 is 0. The van der Waals surface area contributed by atoms with E-state index in [-0.39, 0.29) is 17.2 Å². The van der Waals surface area contributed by atoms with Gasteiger partial charge in [-0.15, -0.1) is 0 Å². The van der Waals surface area contributed by atoms with E-state index in [9.17, 15) is 15.2 Å². The lowest BCUT2D eigenvalue weighted by Gasteiger charge is -2.34. The number of benzene rings is 2. The highest BCUT2D eigenvalue weighted by molar-refractivity contribution is 5.86. The van der Waals surface area contributed by atoms with E-state index in [1.54, 1.807) is 12.1 Å². The second-order valence-corrected chi connectivity index (χ2v) is 8.88. The molecule has 1 saturated heterocycles. The smallest absolute Gasteiger partial charge is 0.269 e. The number of nitrogens with zero attached hydrogens (tertiary/aromatic N) is 3. The number of anilines is 1. The summed E-state index contributed by atoms with van der Waals surface area (Å²) in [6.07, 6.45) is 8.65. The van der Waals surface area contributed by atoms with Crippen LogP contribution in [0.4, 0.5) is 11.4 Å². The number of piperazine rings is 1. The van der Waals surface area contributed by atoms with Gasteiger partial charge in [-0.05, 0) is 85.3 Å². The van der Waals surface area contributed by atoms with Crippen LogP contribution in [-0.4, -0.2) is 54.8 Å². The molecule has 0 amide bonds. The minimum atomic E-state index is -0.369. The summed E-state index contributed by atoms with van der Waals surface area (Å²) in [7, 11) is 2.15. The second kappa shape index (κ2) is 13.0. The van der Waals surface area contributed by atoms with Crippen molar-refractivity contribution in [1.29, 1.82) is 0 Å². The quantitative estimate of drug-likeness (QED) is 0.266. The maximum atomic E-state index is 11.2. The third kappa shape index (κ3) is 6.90. The number of aliphatic hydroxyl groups is 1. The van der Waals surface area contributed by atoms with Gasteiger partial charge in [-0.3, -0.25) is 10.1 Å². The molecule has 1 aliphatic rings. The van der Waals surface area contributed by atoms with Crippen molar-refractivity contribution in [1.82, 2.24) is 4.90 Å². The molecular weight excluding hydrogens is 438 g/mol. The van der Waals surface area contributed by atoms with Crippen LogP contribution in [0.25, 0.3) is 5.57 Å². The van der Waals surface area contributed by atoms with Crippen LogP contribution < -0.4 is 4.90 Å². The Labute approximate surface area is 209 Å². The molecule has 6 heteroatoms. The molecule has 0 saturated carbocycles. The fourth-order valence-corrected chi connectivity index (χ4v) is 4.45. The van der Waals surface area contributed by atoms with Crippen molar-refractivity contribution in [2.75, 3.05) is 44.7 Å². The first kappa shape index (κ1) is 26.4. The van der Waals surface area contributed by atoms with Crippen molar-refractivity contribution >= 4 is 16.9 Å². The number of rotatable bonds is 10. The van der Waals surface area contributed by atoms with Gasteiger partial charge in [0, 0.05) is 50.6 Å². The maximum absolute atomic E-state index is 11.2. The molecule has 0 bridgehead atoms. The molecule has 0 unspecified atom stereocenters. The fourth-order valence-electron chi connectivity index (χ4n) is 4.45. The Bertz CT molecular complexity index is 1060. The highest BCUT2D eigenvalue weighted by Gasteiger charge is 2.18. The maximum Gasteiger partial charge on any atom is 0.269 e. The molecule has 186 valence electrons. The highest BCUT2D eigenvalue weighted by Crippen LogP contribution is 2.35. The van der Waals surface area contributed by atoms with E-state index in [4.69, 9.17) is 0 Å². The van der Waals surface area contributed by atoms with Crippen LogP contribution in [0.3, 0.4) is 0 Å². The number of hydrogen-bond acceptors (Lipinski definition) is 5. The first-order valence-electron chi connectivity index (χ1n) is 12.4. The molecule has 1 N–H and O–H groups in total. The van der Waals surface area contributed by atoms with E-state index in [2.05, 4.69) is 66.3 Å². The molecule has 35 heavy (non-hydrogen) atoms. The largest absolute Gasteiger partial charge is 0.396 e. The van der Waals surface area contributed by atoms with Gasteiger partial charge in [-0.2, -0.15) is 0 Å². The number of hydrogen-bond donors (Lipinski definition) is 1. The van der Waals surface area contributed by atoms with Crippen molar-refractivity contribution in [3.8, 4) is 0 Å². The first-order valence-corrected chi connectivity index (χ1v) is 12.4. The number of aliphatic hydroxyl groups excluding tert-OH is 1. The van der Waals surface area contributed by atoms with E-state index in [0.717, 1.165) is 60.4 Å². The van der Waals surface area contributed by atoms with Crippen LogP contribution in [0.1, 0.15) is 44.2 Å². The normalized spacial score (nSPS) is 16.0. The number of allylic oxidation sites excluding steroid dienone is 5. The minimum Gasteiger partial charge on any atom is -0.396 e. The van der Waals surface area contributed by atoms with E-state index in [1.807, 2.05) is 19.1 Å². The Morgan fingerprint density at radius 3 is 2.14 bits per heavy atom. The zero-order valence-corrected chi connectivity index (χ0v) is 21.1. The van der Waals surface area contributed by atoms with Crippen LogP contribution in [0.5, 0.6) is 0 Å². The van der Waals surface area contributed by atoms with Gasteiger partial charge in [-0.25, -0.2) is 0 Å². The van der Waals surface area contributed by atoms with E-state index in [1.165, 1.54) is 5.69 Å². The van der Waals surface area contributed by atoms with Crippen molar-refractivity contribution in [3.05, 3.63) is 99.1 Å². The van der Waals surface area contributed by atoms with Crippen LogP contribution in [0.15, 0.2) is 77.9 Å². The minimum absolute atomic E-state index is 0.0764. The Hall–Kier alpha value is -3.22. The van der Waals surface area contributed by atoms with Gasteiger partial charge in [-0.1, -0.05) is 37.3 Å². The van der Waals surface area contributed by atoms with E-state index in [0.29, 0.717) is 12.8 Å². The van der Waals surface area contributed by atoms with Gasteiger partial charge in [0.2, 0.25) is 0 Å². The van der Waals surface area contributed by atoms with E-state index < -0.39 is 0 Å². The summed E-state index contributed by atoms with van der Waals surface area (Å²) in [4.78, 5) is 15.6. The average Bonchev–Trinajstić information content (AvgIpc) is 2.88. The highest BCUT2D eigenvalue weighted by atomic mass is 16.6. The summed E-state index contributed by atoms with van der Waals surface area (Å²) in [5.41, 5.74) is 6.57. The molecule has 1 aliphatic heterocycles. The van der Waals surface area contributed by atoms with Gasteiger partial charge in [0.15, 0.2) is 0 Å². The summed E-state index contributed by atoms with van der Waals surface area (Å²) in [5.74, 6) is 0. The van der Waals surface area contributed by atoms with Gasteiger partial charge < -0.3 is 14.9 Å². The Morgan fingerprint density at radius 1 is 1.03 bits per heavy atom. The second-order valence-electron chi connectivity index (χ2n) is 8.88. The molecule has 0 aliphatic carbocycles. The summed E-state index contributed by atoms with van der Waals surface area (Å²) in [6, 6.07) is 15.4. The Kier molecular flexibility index (Phi) is 9.82. The van der Waals surface area contributed by atoms with Crippen molar-refractivity contribution in [2.45, 2.75) is 33.1 Å². The van der Waals surface area contributed by atoms with Gasteiger partial charge in [0.25, 0.3) is 5.69 Å². The summed E-state index contributed by atoms with van der Waals surface area (Å²) in [5, 5.41) is 20.9. The van der Waals surface area contributed by atoms with Crippen molar-refractivity contribution in [2.24, 2.45) is 0 Å². The lowest BCUT2D eigenvalue weighted by Crippen LogP contribution is -2.44. The topological polar surface area (TPSA) is 69.8 Å². The van der Waals surface area contributed by atoms with E-state index >= 15 is 0 Å². The van der Waals surface area contributed by atoms with Crippen molar-refractivity contribution in [3.63, 3.8) is 0 Å². The molecule has 1 heterocycles. The van der Waals surface area contributed by atoms with Crippen LogP contribution >= 0.6 is 0 Å². The standard InChI is InChI=1S/C29H37N3O3/c1-4-6-8-23(5-2)28(9-7-22-33)29(25-12-16-27(17-13-25)32(34)35)24-10-14-26(15-11-24)31-20-18-30(3)19-21-31/h5-6,8,10-17,33H,4,7,9,18-22H2,1-3H3/b8-6-,23-5+,29-28+. The molecular formula is C29H37N3O3. The number of non-ortho nitro benzene ring substituents is 1. The Morgan fingerprint density at radius 2 is 1.63 bits per heavy atom. The summed E-state index contributed by atoms with van der Waals surface area (Å²) in [6.45, 7) is 8.35. The molecule has 2 aromatic rings. The fraction of sp³-hybridized carbons (Fsp3) is 0.379. The number of likely N-dealkylation sites (N-methyl/N-ethyl adjacent to an activating group) is 1. The number of nitro groups is 1. The third-order valence-corrected chi connectivity index (χ3v) is 6.47. The predicted molar refractivity (Wildman–Crippen MR) is 145 cm³/mol. The molecule has 1 fully saturated rings. The Balaban J connectivity index is 2.12. The molecule has 3 rings (SSSR count). The van der Waals surface area contributed by atoms with Crippen LogP contribution in [0, 0.1) is 10.1 Å². The monoisotopic (exact) mass is 475 g/mol. The lowest BCUT2D eigenvalue weighted by molar-refractivity contribution is -0.384. The van der Waals surface area contributed by atoms with Crippen molar-refractivity contribution < 1.29 is 10.0 Å². The first-order chi connectivity index (χ1) is 17.0. The van der Waals surface area contributed by atoms with Gasteiger partial charge in [0.05, 0.1) is 4.92 Å². The van der Waals surface area contributed by atoms with Crippen LogP contribution in [0.2, 0.25) is 0 Å². The molecule has 0 spiro atoms. The summed E-state index contributed by atoms with van der Waals surface area (Å²) >= 11 is 0. The third-order valence-electron chi connectivity index (χ3n) is 6.47. The van der Waals surface area contributed by atoms with Gasteiger partial charge in [0.1, 0.15) is 0 Å². The molecule has 0 aromatic heterocycles. The zero-order valence-electron chi connectivity index (χ0n) is 21.1. The van der Waals surface area contributed by atoms with Gasteiger partial charge >= 0.3 is 0 Å². The number of nitro benzene ring substituents is 1. The molecule has 0 radical (unpaired) electrons. The van der Waals surface area contributed by atoms with Crippen LogP contribution in [-0.2, 0) is 0 Å². The SMILES string of the molecule is C/C=C(\C=C/CC)C(/CCCO)=C(\c1ccc(N2CCN(C)CC2)cc1)c1ccc([N+](=O)[O-])cc1.